The number of aromatic nitrogens is 1. The molecule has 0 spiro atoms. The summed E-state index contributed by atoms with van der Waals surface area (Å²) in [6.07, 6.45) is 2.29. The van der Waals surface area contributed by atoms with E-state index in [0.717, 1.165) is 72.5 Å². The predicted molar refractivity (Wildman–Crippen MR) is 154 cm³/mol. The number of carbonyl (C=O) groups excluding carboxylic acids is 1. The molecule has 2 aromatic carbocycles. The summed E-state index contributed by atoms with van der Waals surface area (Å²) >= 11 is 3.40. The molecule has 1 aliphatic heterocycles. The molecule has 0 bridgehead atoms. The zero-order valence-corrected chi connectivity index (χ0v) is 23.8. The summed E-state index contributed by atoms with van der Waals surface area (Å²) in [6, 6.07) is 12.4. The van der Waals surface area contributed by atoms with Crippen molar-refractivity contribution in [1.29, 1.82) is 0 Å². The molecule has 0 unspecified atom stereocenters. The minimum Gasteiger partial charge on any atom is -0.497 e. The lowest BCUT2D eigenvalue weighted by atomic mass is 10.1. The number of hydrogen-bond donors (Lipinski definition) is 0. The van der Waals surface area contributed by atoms with Gasteiger partial charge in [-0.25, -0.2) is 4.98 Å². The van der Waals surface area contributed by atoms with Gasteiger partial charge in [-0.3, -0.25) is 14.6 Å². The minimum absolute atomic E-state index is 0. The van der Waals surface area contributed by atoms with E-state index in [-0.39, 0.29) is 18.3 Å². The van der Waals surface area contributed by atoms with Crippen molar-refractivity contribution in [2.75, 3.05) is 57.2 Å². The van der Waals surface area contributed by atoms with Gasteiger partial charge in [0, 0.05) is 37.5 Å². The van der Waals surface area contributed by atoms with Crippen molar-refractivity contribution in [3.05, 3.63) is 47.5 Å². The summed E-state index contributed by atoms with van der Waals surface area (Å²) in [5.41, 5.74) is 3.47. The van der Waals surface area contributed by atoms with Crippen LogP contribution in [0.1, 0.15) is 30.4 Å². The number of thioether (sulfide) groups is 1. The van der Waals surface area contributed by atoms with E-state index in [2.05, 4.69) is 43.0 Å². The van der Waals surface area contributed by atoms with E-state index in [4.69, 9.17) is 14.5 Å². The highest BCUT2D eigenvalue weighted by Crippen LogP contribution is 2.31. The molecule has 0 atom stereocenters. The number of hydrogen-bond acceptors (Lipinski definition) is 7. The third-order valence-corrected chi connectivity index (χ3v) is 8.49. The monoisotopic (exact) mass is 549 g/mol. The molecule has 36 heavy (non-hydrogen) atoms. The van der Waals surface area contributed by atoms with E-state index >= 15 is 0 Å². The first kappa shape index (κ1) is 28.7. The highest BCUT2D eigenvalue weighted by molar-refractivity contribution is 7.99. The van der Waals surface area contributed by atoms with Crippen LogP contribution in [-0.2, 0) is 9.53 Å². The lowest BCUT2D eigenvalue weighted by Crippen LogP contribution is -2.39. The van der Waals surface area contributed by atoms with Crippen LogP contribution >= 0.6 is 35.5 Å². The normalized spacial score (nSPS) is 14.0. The first-order chi connectivity index (χ1) is 17.0. The van der Waals surface area contributed by atoms with Gasteiger partial charge in [-0.05, 0) is 80.0 Å². The quantitative estimate of drug-likeness (QED) is 0.217. The Labute approximate surface area is 228 Å². The zero-order chi connectivity index (χ0) is 24.6. The van der Waals surface area contributed by atoms with Gasteiger partial charge in [-0.15, -0.1) is 24.2 Å². The molecular weight excluding hydrogens is 514 g/mol. The second kappa shape index (κ2) is 14.2. The second-order valence-electron chi connectivity index (χ2n) is 8.88. The molecule has 1 fully saturated rings. The van der Waals surface area contributed by atoms with Crippen molar-refractivity contribution in [3.8, 4) is 5.75 Å². The van der Waals surface area contributed by atoms with Crippen LogP contribution in [-0.4, -0.2) is 68.0 Å². The molecule has 4 rings (SSSR count). The fourth-order valence-corrected chi connectivity index (χ4v) is 6.05. The Hall–Kier alpha value is -1.84. The van der Waals surface area contributed by atoms with Gasteiger partial charge < -0.3 is 9.47 Å². The van der Waals surface area contributed by atoms with Crippen LogP contribution in [0.25, 0.3) is 10.2 Å². The lowest BCUT2D eigenvalue weighted by molar-refractivity contribution is -0.118. The number of ether oxygens (including phenoxy) is 2. The van der Waals surface area contributed by atoms with Crippen molar-refractivity contribution in [1.82, 2.24) is 9.88 Å². The summed E-state index contributed by atoms with van der Waals surface area (Å²) in [6.45, 7) is 9.44. The second-order valence-corrected chi connectivity index (χ2v) is 11.1. The number of morpholine rings is 1. The third kappa shape index (κ3) is 7.83. The Bertz CT molecular complexity index is 1080. The van der Waals surface area contributed by atoms with Crippen LogP contribution < -0.4 is 9.64 Å². The smallest absolute Gasteiger partial charge is 0.228 e. The van der Waals surface area contributed by atoms with Gasteiger partial charge in [0.25, 0.3) is 0 Å². The highest BCUT2D eigenvalue weighted by Gasteiger charge is 2.20. The molecule has 0 saturated carbocycles. The lowest BCUT2D eigenvalue weighted by Gasteiger charge is -2.27. The fourth-order valence-electron chi connectivity index (χ4n) is 4.11. The van der Waals surface area contributed by atoms with Gasteiger partial charge in [-0.1, -0.05) is 11.3 Å². The van der Waals surface area contributed by atoms with Crippen molar-refractivity contribution in [2.45, 2.75) is 38.0 Å². The molecule has 6 nitrogen and oxygen atoms in total. The number of thiazole rings is 1. The maximum absolute atomic E-state index is 13.4. The van der Waals surface area contributed by atoms with Crippen LogP contribution in [0.4, 0.5) is 5.13 Å². The van der Waals surface area contributed by atoms with Gasteiger partial charge in [0.1, 0.15) is 5.75 Å². The molecule has 0 radical (unpaired) electrons. The average molecular weight is 550 g/mol. The predicted octanol–water partition coefficient (Wildman–Crippen LogP) is 5.97. The summed E-state index contributed by atoms with van der Waals surface area (Å²) < 4.78 is 11.8. The SMILES string of the molecule is COc1ccc(SCCCC(=O)N(CCCN2CCOCC2)c2nc3cc(C)c(C)cc3s2)cc1.Cl. The number of fused-ring (bicyclic) bond motifs is 1. The van der Waals surface area contributed by atoms with Crippen LogP contribution in [0, 0.1) is 13.8 Å². The Balaban J connectivity index is 0.00000361. The van der Waals surface area contributed by atoms with E-state index in [1.165, 1.54) is 16.0 Å². The van der Waals surface area contributed by atoms with Crippen molar-refractivity contribution < 1.29 is 14.3 Å². The number of halogens is 1. The zero-order valence-electron chi connectivity index (χ0n) is 21.3. The first-order valence-electron chi connectivity index (χ1n) is 12.3. The molecule has 196 valence electrons. The first-order valence-corrected chi connectivity index (χ1v) is 14.1. The van der Waals surface area contributed by atoms with Gasteiger partial charge in [0.15, 0.2) is 5.13 Å². The van der Waals surface area contributed by atoms with Crippen LogP contribution in [0.2, 0.25) is 0 Å². The number of amides is 1. The maximum Gasteiger partial charge on any atom is 0.228 e. The van der Waals surface area contributed by atoms with Gasteiger partial charge in [0.05, 0.1) is 30.5 Å². The molecular formula is C27H36ClN3O3S2. The Morgan fingerprint density at radius 3 is 2.58 bits per heavy atom. The number of rotatable bonds is 11. The Kier molecular flexibility index (Phi) is 11.3. The van der Waals surface area contributed by atoms with Gasteiger partial charge in [0.2, 0.25) is 5.91 Å². The standard InChI is InChI=1S/C27H35N3O3S2.ClH/c1-20-18-24-25(19-21(20)2)35-27(28-24)30(12-5-11-29-13-15-33-16-14-29)26(31)6-4-17-34-23-9-7-22(32-3)8-10-23;/h7-10,18-19H,4-6,11-17H2,1-3H3;1H. The van der Waals surface area contributed by atoms with Crippen LogP contribution in [0.15, 0.2) is 41.3 Å². The molecule has 9 heteroatoms. The Morgan fingerprint density at radius 1 is 1.14 bits per heavy atom. The summed E-state index contributed by atoms with van der Waals surface area (Å²) in [5.74, 6) is 1.92. The topological polar surface area (TPSA) is 54.9 Å². The number of aryl methyl sites for hydroxylation is 2. The Morgan fingerprint density at radius 2 is 1.86 bits per heavy atom. The van der Waals surface area contributed by atoms with E-state index < -0.39 is 0 Å². The van der Waals surface area contributed by atoms with E-state index in [1.54, 1.807) is 30.2 Å². The fraction of sp³-hybridized carbons (Fsp3) is 0.481. The van der Waals surface area contributed by atoms with Crippen molar-refractivity contribution >= 4 is 56.8 Å². The molecule has 3 aromatic rings. The highest BCUT2D eigenvalue weighted by atomic mass is 35.5. The van der Waals surface area contributed by atoms with Crippen LogP contribution in [0.5, 0.6) is 5.75 Å². The number of carbonyl (C=O) groups is 1. The molecule has 1 aliphatic rings. The van der Waals surface area contributed by atoms with Crippen LogP contribution in [0.3, 0.4) is 0 Å². The molecule has 1 saturated heterocycles. The van der Waals surface area contributed by atoms with E-state index in [9.17, 15) is 4.79 Å². The minimum atomic E-state index is 0. The number of benzene rings is 2. The largest absolute Gasteiger partial charge is 0.497 e. The summed E-state index contributed by atoms with van der Waals surface area (Å²) in [7, 11) is 1.67. The number of methoxy groups -OCH3 is 1. The molecule has 0 N–H and O–H groups in total. The maximum atomic E-state index is 13.4. The summed E-state index contributed by atoms with van der Waals surface area (Å²) in [4.78, 5) is 23.8. The molecule has 0 aliphatic carbocycles. The van der Waals surface area contributed by atoms with Gasteiger partial charge >= 0.3 is 0 Å². The third-order valence-electron chi connectivity index (χ3n) is 6.35. The van der Waals surface area contributed by atoms with Crippen molar-refractivity contribution in [3.63, 3.8) is 0 Å². The van der Waals surface area contributed by atoms with Gasteiger partial charge in [-0.2, -0.15) is 0 Å². The van der Waals surface area contributed by atoms with E-state index in [1.807, 2.05) is 17.0 Å². The van der Waals surface area contributed by atoms with E-state index in [0.29, 0.717) is 13.0 Å². The molecule has 2 heterocycles. The molecule has 1 aromatic heterocycles. The summed E-state index contributed by atoms with van der Waals surface area (Å²) in [5, 5.41) is 0.819. The molecule has 1 amide bonds. The van der Waals surface area contributed by atoms with Crippen molar-refractivity contribution in [2.24, 2.45) is 0 Å². The number of nitrogens with zero attached hydrogens (tertiary/aromatic N) is 3. The number of anilines is 1. The average Bonchev–Trinajstić information content (AvgIpc) is 3.27.